The van der Waals surface area contributed by atoms with Gasteiger partial charge in [0.1, 0.15) is 0 Å². The molecule has 2 rings (SSSR count). The Balaban J connectivity index is 2.07. The number of hydrogen-bond donors (Lipinski definition) is 2. The van der Waals surface area contributed by atoms with E-state index in [-0.39, 0.29) is 17.9 Å². The maximum atomic E-state index is 11.7. The first-order valence-corrected chi connectivity index (χ1v) is 6.24. The lowest BCUT2D eigenvalue weighted by Gasteiger charge is -2.46. The van der Waals surface area contributed by atoms with Gasteiger partial charge in [-0.15, -0.1) is 0 Å². The van der Waals surface area contributed by atoms with Crippen LogP contribution < -0.4 is 5.73 Å². The van der Waals surface area contributed by atoms with Gasteiger partial charge in [0, 0.05) is 6.54 Å². The second-order valence-corrected chi connectivity index (χ2v) is 5.61. The molecule has 0 aromatic carbocycles. The summed E-state index contributed by atoms with van der Waals surface area (Å²) >= 11 is 0. The number of likely N-dealkylation sites (N-methyl/N-ethyl adjacent to an activating group) is 1. The number of amides is 1. The summed E-state index contributed by atoms with van der Waals surface area (Å²) in [5.41, 5.74) is 4.88. The van der Waals surface area contributed by atoms with E-state index in [4.69, 9.17) is 10.5 Å². The third-order valence-electron chi connectivity index (χ3n) is 4.34. The third kappa shape index (κ3) is 2.07. The summed E-state index contributed by atoms with van der Waals surface area (Å²) in [5.74, 6) is -0.231. The lowest BCUT2D eigenvalue weighted by atomic mass is 9.84. The summed E-state index contributed by atoms with van der Waals surface area (Å²) in [7, 11) is 1.94. The van der Waals surface area contributed by atoms with Crippen LogP contribution in [0.3, 0.4) is 0 Å². The Morgan fingerprint density at radius 1 is 1.41 bits per heavy atom. The lowest BCUT2D eigenvalue weighted by Crippen LogP contribution is -2.61. The van der Waals surface area contributed by atoms with Crippen LogP contribution >= 0.6 is 0 Å². The van der Waals surface area contributed by atoms with E-state index >= 15 is 0 Å². The highest BCUT2D eigenvalue weighted by molar-refractivity contribution is 5.85. The average Bonchev–Trinajstić information content (AvgIpc) is 2.73. The molecule has 1 amide bonds. The fourth-order valence-electron chi connectivity index (χ4n) is 3.05. The van der Waals surface area contributed by atoms with Gasteiger partial charge in [0.15, 0.2) is 0 Å². The molecule has 5 heteroatoms. The van der Waals surface area contributed by atoms with Crippen molar-refractivity contribution in [2.75, 3.05) is 33.4 Å². The smallest absolute Gasteiger partial charge is 0.237 e. The van der Waals surface area contributed by atoms with Crippen LogP contribution in [0.5, 0.6) is 0 Å². The number of aliphatic hydroxyl groups excluding tert-OH is 1. The maximum Gasteiger partial charge on any atom is 0.237 e. The molecule has 0 bridgehead atoms. The zero-order valence-electron chi connectivity index (χ0n) is 10.4. The molecule has 1 saturated heterocycles. The Bertz CT molecular complexity index is 291. The molecule has 1 heterocycles. The van der Waals surface area contributed by atoms with E-state index in [0.29, 0.717) is 19.8 Å². The van der Waals surface area contributed by atoms with Crippen LogP contribution in [0.15, 0.2) is 0 Å². The van der Waals surface area contributed by atoms with Gasteiger partial charge in [0.05, 0.1) is 30.8 Å². The number of hydrogen-bond acceptors (Lipinski definition) is 4. The second kappa shape index (κ2) is 4.55. The molecule has 5 nitrogen and oxygen atoms in total. The first kappa shape index (κ1) is 12.8. The molecular formula is C12H22N2O3. The molecule has 0 spiro atoms. The number of nitrogens with two attached hydrogens (primary N) is 1. The monoisotopic (exact) mass is 242 g/mol. The summed E-state index contributed by atoms with van der Waals surface area (Å²) in [6.07, 6.45) is 3.77. The van der Waals surface area contributed by atoms with E-state index in [1.165, 1.54) is 0 Å². The minimum atomic E-state index is -0.502. The number of rotatable bonds is 5. The van der Waals surface area contributed by atoms with E-state index in [1.54, 1.807) is 0 Å². The zero-order chi connectivity index (χ0) is 12.5. The zero-order valence-corrected chi connectivity index (χ0v) is 10.4. The van der Waals surface area contributed by atoms with Crippen LogP contribution in [0, 0.1) is 5.41 Å². The molecule has 2 aliphatic rings. The average molecular weight is 242 g/mol. The van der Waals surface area contributed by atoms with Crippen LogP contribution in [0.2, 0.25) is 0 Å². The topological polar surface area (TPSA) is 75.8 Å². The highest BCUT2D eigenvalue weighted by Crippen LogP contribution is 2.37. The van der Waals surface area contributed by atoms with Crippen molar-refractivity contribution in [3.05, 3.63) is 0 Å². The first-order valence-electron chi connectivity index (χ1n) is 6.24. The molecule has 98 valence electrons. The maximum absolute atomic E-state index is 11.7. The van der Waals surface area contributed by atoms with Gasteiger partial charge in [-0.05, 0) is 19.9 Å². The fourth-order valence-corrected chi connectivity index (χ4v) is 3.05. The Morgan fingerprint density at radius 2 is 2.00 bits per heavy atom. The molecule has 2 fully saturated rings. The van der Waals surface area contributed by atoms with Crippen LogP contribution in [0.1, 0.15) is 25.7 Å². The molecule has 0 radical (unpaired) electrons. The van der Waals surface area contributed by atoms with Gasteiger partial charge in [-0.25, -0.2) is 0 Å². The van der Waals surface area contributed by atoms with E-state index in [9.17, 15) is 9.90 Å². The molecule has 3 N–H and O–H groups in total. The molecule has 0 aromatic rings. The van der Waals surface area contributed by atoms with Gasteiger partial charge >= 0.3 is 0 Å². The predicted octanol–water partition coefficient (Wildman–Crippen LogP) is -0.275. The molecule has 0 atom stereocenters. The summed E-state index contributed by atoms with van der Waals surface area (Å²) in [6.45, 7) is 1.92. The van der Waals surface area contributed by atoms with Crippen molar-refractivity contribution in [3.63, 3.8) is 0 Å². The summed E-state index contributed by atoms with van der Waals surface area (Å²) in [6, 6.07) is 0. The summed E-state index contributed by atoms with van der Waals surface area (Å²) < 4.78 is 5.18. The minimum Gasteiger partial charge on any atom is -0.396 e. The van der Waals surface area contributed by atoms with Crippen molar-refractivity contribution in [2.24, 2.45) is 11.1 Å². The van der Waals surface area contributed by atoms with E-state index in [2.05, 4.69) is 0 Å². The number of primary amides is 1. The molecule has 17 heavy (non-hydrogen) atoms. The largest absolute Gasteiger partial charge is 0.396 e. The molecule has 1 saturated carbocycles. The lowest BCUT2D eigenvalue weighted by molar-refractivity contribution is -0.159. The van der Waals surface area contributed by atoms with Crippen LogP contribution in [0.25, 0.3) is 0 Å². The van der Waals surface area contributed by atoms with Crippen molar-refractivity contribution in [1.82, 2.24) is 4.90 Å². The van der Waals surface area contributed by atoms with Crippen molar-refractivity contribution >= 4 is 5.91 Å². The molecule has 0 unspecified atom stereocenters. The van der Waals surface area contributed by atoms with Gasteiger partial charge in [0.2, 0.25) is 5.91 Å². The van der Waals surface area contributed by atoms with E-state index < -0.39 is 5.54 Å². The van der Waals surface area contributed by atoms with Gasteiger partial charge in [-0.1, -0.05) is 12.8 Å². The number of carbonyl (C=O) groups is 1. The first-order chi connectivity index (χ1) is 8.05. The fraction of sp³-hybridized carbons (Fsp3) is 0.917. The van der Waals surface area contributed by atoms with Gasteiger partial charge in [-0.3, -0.25) is 9.69 Å². The quantitative estimate of drug-likeness (QED) is 0.695. The van der Waals surface area contributed by atoms with Crippen molar-refractivity contribution in [1.29, 1.82) is 0 Å². The number of aliphatic hydroxyl groups is 1. The Kier molecular flexibility index (Phi) is 3.43. The van der Waals surface area contributed by atoms with Gasteiger partial charge < -0.3 is 15.6 Å². The van der Waals surface area contributed by atoms with Crippen LogP contribution in [-0.4, -0.2) is 54.9 Å². The highest BCUT2D eigenvalue weighted by Gasteiger charge is 2.48. The minimum absolute atomic E-state index is 0.103. The normalized spacial score (nSPS) is 25.8. The van der Waals surface area contributed by atoms with Gasteiger partial charge in [-0.2, -0.15) is 0 Å². The second-order valence-electron chi connectivity index (χ2n) is 5.61. The third-order valence-corrected chi connectivity index (χ3v) is 4.34. The van der Waals surface area contributed by atoms with Crippen LogP contribution in [-0.2, 0) is 9.53 Å². The number of ether oxygens (including phenoxy) is 1. The van der Waals surface area contributed by atoms with Crippen molar-refractivity contribution < 1.29 is 14.6 Å². The molecular weight excluding hydrogens is 220 g/mol. The van der Waals surface area contributed by atoms with Crippen molar-refractivity contribution in [2.45, 2.75) is 31.2 Å². The molecule has 1 aliphatic heterocycles. The predicted molar refractivity (Wildman–Crippen MR) is 63.4 cm³/mol. The Morgan fingerprint density at radius 3 is 2.35 bits per heavy atom. The van der Waals surface area contributed by atoms with Gasteiger partial charge in [0.25, 0.3) is 0 Å². The summed E-state index contributed by atoms with van der Waals surface area (Å²) in [4.78, 5) is 13.8. The van der Waals surface area contributed by atoms with E-state index in [1.807, 2.05) is 11.9 Å². The van der Waals surface area contributed by atoms with Crippen molar-refractivity contribution in [3.8, 4) is 0 Å². The van der Waals surface area contributed by atoms with E-state index in [0.717, 1.165) is 25.7 Å². The number of carbonyl (C=O) groups excluding carboxylic acids is 1. The van der Waals surface area contributed by atoms with Crippen LogP contribution in [0.4, 0.5) is 0 Å². The summed E-state index contributed by atoms with van der Waals surface area (Å²) in [5, 5.41) is 9.43. The Labute approximate surface area is 102 Å². The standard InChI is InChI=1S/C12H22N2O3/c1-14(6-11(7-15)8-17-9-11)12(10(13)16)4-2-3-5-12/h15H,2-9H2,1H3,(H2,13,16). The molecule has 1 aliphatic carbocycles. The Hall–Kier alpha value is -0.650. The highest BCUT2D eigenvalue weighted by atomic mass is 16.5. The number of nitrogens with zero attached hydrogens (tertiary/aromatic N) is 1. The molecule has 0 aromatic heterocycles. The SMILES string of the molecule is CN(CC1(CO)COC1)C1(C(N)=O)CCCC1.